The fourth-order valence-corrected chi connectivity index (χ4v) is 1.81. The van der Waals surface area contributed by atoms with E-state index in [9.17, 15) is 0 Å². The van der Waals surface area contributed by atoms with Crippen molar-refractivity contribution in [2.75, 3.05) is 19.6 Å². The Morgan fingerprint density at radius 2 is 2.07 bits per heavy atom. The van der Waals surface area contributed by atoms with Gasteiger partial charge in [-0.3, -0.25) is 4.90 Å². The molecule has 84 valence electrons. The number of nitrogens with one attached hydrogen (secondary N) is 1. The Balaban J connectivity index is 2.12. The smallest absolute Gasteiger partial charge is 0.0192 e. The van der Waals surface area contributed by atoms with Gasteiger partial charge in [0.15, 0.2) is 0 Å². The molecule has 2 heteroatoms. The van der Waals surface area contributed by atoms with Crippen LogP contribution in [0.4, 0.5) is 0 Å². The summed E-state index contributed by atoms with van der Waals surface area (Å²) in [6.45, 7) is 10.5. The summed E-state index contributed by atoms with van der Waals surface area (Å²) in [5.41, 5.74) is 0. The highest BCUT2D eigenvalue weighted by atomic mass is 15.2. The fraction of sp³-hybridized carbons (Fsp3) is 1.00. The van der Waals surface area contributed by atoms with Gasteiger partial charge in [0.1, 0.15) is 0 Å². The van der Waals surface area contributed by atoms with Crippen LogP contribution >= 0.6 is 0 Å². The highest BCUT2D eigenvalue weighted by Gasteiger charge is 2.21. The molecule has 14 heavy (non-hydrogen) atoms. The molecule has 1 rings (SSSR count). The molecule has 0 saturated heterocycles. The molecule has 1 unspecified atom stereocenters. The zero-order valence-electron chi connectivity index (χ0n) is 10.1. The largest absolute Gasteiger partial charge is 0.312 e. The summed E-state index contributed by atoms with van der Waals surface area (Å²) in [5.74, 6) is 0. The van der Waals surface area contributed by atoms with Crippen molar-refractivity contribution in [1.29, 1.82) is 0 Å². The minimum atomic E-state index is 0.701. The van der Waals surface area contributed by atoms with Gasteiger partial charge in [-0.05, 0) is 39.3 Å². The van der Waals surface area contributed by atoms with E-state index in [0.717, 1.165) is 6.04 Å². The van der Waals surface area contributed by atoms with E-state index in [-0.39, 0.29) is 0 Å². The molecule has 1 aliphatic carbocycles. The molecular formula is C12H26N2. The van der Waals surface area contributed by atoms with E-state index >= 15 is 0 Å². The molecule has 0 heterocycles. The lowest BCUT2D eigenvalue weighted by molar-refractivity contribution is 0.211. The van der Waals surface area contributed by atoms with Gasteiger partial charge in [-0.25, -0.2) is 0 Å². The van der Waals surface area contributed by atoms with Crippen molar-refractivity contribution in [1.82, 2.24) is 10.2 Å². The predicted molar refractivity (Wildman–Crippen MR) is 62.6 cm³/mol. The zero-order chi connectivity index (χ0) is 10.4. The molecule has 0 amide bonds. The molecule has 2 nitrogen and oxygen atoms in total. The van der Waals surface area contributed by atoms with Crippen LogP contribution in [0.5, 0.6) is 0 Å². The van der Waals surface area contributed by atoms with Crippen LogP contribution in [0.15, 0.2) is 0 Å². The molecule has 0 aromatic rings. The summed E-state index contributed by atoms with van der Waals surface area (Å²) >= 11 is 0. The topological polar surface area (TPSA) is 15.3 Å². The lowest BCUT2D eigenvalue weighted by atomic mass is 10.2. The molecule has 1 N–H and O–H groups in total. The number of hydrogen-bond donors (Lipinski definition) is 1. The molecule has 0 bridgehead atoms. The Morgan fingerprint density at radius 1 is 1.36 bits per heavy atom. The van der Waals surface area contributed by atoms with E-state index in [1.165, 1.54) is 45.3 Å². The number of nitrogens with zero attached hydrogens (tertiary/aromatic N) is 1. The molecular weight excluding hydrogens is 172 g/mol. The molecule has 1 fully saturated rings. The predicted octanol–water partition coefficient (Wildman–Crippen LogP) is 2.25. The van der Waals surface area contributed by atoms with Gasteiger partial charge in [0.25, 0.3) is 0 Å². The number of hydrogen-bond acceptors (Lipinski definition) is 2. The Labute approximate surface area is 89.1 Å². The van der Waals surface area contributed by atoms with Gasteiger partial charge in [-0.15, -0.1) is 0 Å². The van der Waals surface area contributed by atoms with Crippen LogP contribution in [0.25, 0.3) is 0 Å². The second-order valence-electron chi connectivity index (χ2n) is 4.51. The number of rotatable bonds is 8. The normalized spacial score (nSPS) is 18.9. The van der Waals surface area contributed by atoms with E-state index in [0.29, 0.717) is 6.04 Å². The van der Waals surface area contributed by atoms with E-state index in [1.54, 1.807) is 0 Å². The van der Waals surface area contributed by atoms with Crippen LogP contribution in [0.2, 0.25) is 0 Å². The minimum Gasteiger partial charge on any atom is -0.312 e. The van der Waals surface area contributed by atoms with Gasteiger partial charge in [-0.2, -0.15) is 0 Å². The van der Waals surface area contributed by atoms with E-state index in [1.807, 2.05) is 0 Å². The van der Waals surface area contributed by atoms with Crippen molar-refractivity contribution < 1.29 is 0 Å². The molecule has 0 spiro atoms. The summed E-state index contributed by atoms with van der Waals surface area (Å²) in [4.78, 5) is 2.58. The Bertz CT molecular complexity index is 143. The van der Waals surface area contributed by atoms with Gasteiger partial charge in [0.05, 0.1) is 0 Å². The molecule has 1 aliphatic rings. The summed E-state index contributed by atoms with van der Waals surface area (Å²) < 4.78 is 0. The van der Waals surface area contributed by atoms with Crippen molar-refractivity contribution in [3.63, 3.8) is 0 Å². The lowest BCUT2D eigenvalue weighted by Gasteiger charge is -2.28. The maximum Gasteiger partial charge on any atom is 0.0192 e. The summed E-state index contributed by atoms with van der Waals surface area (Å²) in [6, 6.07) is 1.55. The third kappa shape index (κ3) is 4.43. The first-order valence-electron chi connectivity index (χ1n) is 6.25. The molecule has 0 aromatic heterocycles. The molecule has 0 aliphatic heterocycles. The molecule has 1 saturated carbocycles. The minimum absolute atomic E-state index is 0.701. The van der Waals surface area contributed by atoms with Crippen molar-refractivity contribution in [2.45, 2.75) is 58.5 Å². The average Bonchev–Trinajstić information content (AvgIpc) is 2.99. The van der Waals surface area contributed by atoms with Crippen LogP contribution < -0.4 is 5.32 Å². The Kier molecular flexibility index (Phi) is 5.49. The van der Waals surface area contributed by atoms with E-state index in [4.69, 9.17) is 0 Å². The average molecular weight is 198 g/mol. The Morgan fingerprint density at radius 3 is 2.57 bits per heavy atom. The monoisotopic (exact) mass is 198 g/mol. The fourth-order valence-electron chi connectivity index (χ4n) is 1.81. The summed E-state index contributed by atoms with van der Waals surface area (Å²) in [7, 11) is 0. The highest BCUT2D eigenvalue weighted by molar-refractivity contribution is 4.82. The maximum atomic E-state index is 3.61. The first-order valence-corrected chi connectivity index (χ1v) is 6.25. The van der Waals surface area contributed by atoms with Crippen molar-refractivity contribution in [2.24, 2.45) is 0 Å². The highest BCUT2D eigenvalue weighted by Crippen LogP contribution is 2.18. The first-order chi connectivity index (χ1) is 6.77. The quantitative estimate of drug-likeness (QED) is 0.643. The van der Waals surface area contributed by atoms with Gasteiger partial charge in [-0.1, -0.05) is 20.3 Å². The van der Waals surface area contributed by atoms with E-state index in [2.05, 4.69) is 31.0 Å². The molecule has 0 radical (unpaired) electrons. The van der Waals surface area contributed by atoms with Crippen molar-refractivity contribution in [3.05, 3.63) is 0 Å². The van der Waals surface area contributed by atoms with Crippen LogP contribution in [0.1, 0.15) is 46.5 Å². The van der Waals surface area contributed by atoms with Crippen molar-refractivity contribution >= 4 is 0 Å². The van der Waals surface area contributed by atoms with Crippen LogP contribution in [-0.4, -0.2) is 36.6 Å². The van der Waals surface area contributed by atoms with Crippen molar-refractivity contribution in [3.8, 4) is 0 Å². The Hall–Kier alpha value is -0.0800. The SMILES string of the molecule is CCCCN(CC)C(C)CNC1CC1. The summed E-state index contributed by atoms with van der Waals surface area (Å²) in [5, 5.41) is 3.61. The summed E-state index contributed by atoms with van der Waals surface area (Å²) in [6.07, 6.45) is 5.43. The first kappa shape index (κ1) is 12.0. The van der Waals surface area contributed by atoms with E-state index < -0.39 is 0 Å². The lowest BCUT2D eigenvalue weighted by Crippen LogP contribution is -2.41. The van der Waals surface area contributed by atoms with Gasteiger partial charge in [0, 0.05) is 18.6 Å². The zero-order valence-corrected chi connectivity index (χ0v) is 10.1. The number of likely N-dealkylation sites (N-methyl/N-ethyl adjacent to an activating group) is 1. The molecule has 0 aromatic carbocycles. The van der Waals surface area contributed by atoms with Gasteiger partial charge < -0.3 is 5.32 Å². The third-order valence-electron chi connectivity index (χ3n) is 3.11. The van der Waals surface area contributed by atoms with Crippen LogP contribution in [0.3, 0.4) is 0 Å². The third-order valence-corrected chi connectivity index (χ3v) is 3.11. The number of unbranched alkanes of at least 4 members (excludes halogenated alkanes) is 1. The van der Waals surface area contributed by atoms with Crippen LogP contribution in [-0.2, 0) is 0 Å². The second kappa shape index (κ2) is 6.41. The second-order valence-corrected chi connectivity index (χ2v) is 4.51. The van der Waals surface area contributed by atoms with Gasteiger partial charge >= 0.3 is 0 Å². The van der Waals surface area contributed by atoms with Gasteiger partial charge in [0.2, 0.25) is 0 Å². The molecule has 1 atom stereocenters. The maximum absolute atomic E-state index is 3.61. The van der Waals surface area contributed by atoms with Crippen LogP contribution in [0, 0.1) is 0 Å². The standard InChI is InChI=1S/C12H26N2/c1-4-6-9-14(5-2)11(3)10-13-12-7-8-12/h11-13H,4-10H2,1-3H3.